The minimum Gasteiger partial charge on any atom is -0.493 e. The van der Waals surface area contributed by atoms with E-state index in [1.807, 2.05) is 4.90 Å². The number of likely N-dealkylation sites (tertiary alicyclic amines) is 1. The Morgan fingerprint density at radius 2 is 1.45 bits per heavy atom. The Morgan fingerprint density at radius 3 is 1.98 bits per heavy atom. The lowest BCUT2D eigenvalue weighted by molar-refractivity contribution is -0.130. The number of halogens is 2. The summed E-state index contributed by atoms with van der Waals surface area (Å²) in [5, 5.41) is 2.97. The van der Waals surface area contributed by atoms with Gasteiger partial charge in [-0.3, -0.25) is 9.59 Å². The largest absolute Gasteiger partial charge is 0.493 e. The van der Waals surface area contributed by atoms with E-state index in [1.165, 1.54) is 45.6 Å². The van der Waals surface area contributed by atoms with Crippen LogP contribution in [0.2, 0.25) is 0 Å². The number of hydrogen-bond acceptors (Lipinski definition) is 5. The molecule has 42 heavy (non-hydrogen) atoms. The number of rotatable bonds is 13. The molecule has 1 aliphatic rings. The quantitative estimate of drug-likeness (QED) is 0.253. The predicted molar refractivity (Wildman–Crippen MR) is 156 cm³/mol. The average Bonchev–Trinajstić information content (AvgIpc) is 3.49. The zero-order valence-electron chi connectivity index (χ0n) is 24.3. The van der Waals surface area contributed by atoms with Gasteiger partial charge in [-0.15, -0.1) is 0 Å². The maximum absolute atomic E-state index is 13.5. The summed E-state index contributed by atoms with van der Waals surface area (Å²) in [6.07, 6.45) is 3.53. The van der Waals surface area contributed by atoms with Gasteiger partial charge in [-0.2, -0.15) is 0 Å². The van der Waals surface area contributed by atoms with Crippen LogP contribution in [0, 0.1) is 17.6 Å². The molecule has 9 heteroatoms. The van der Waals surface area contributed by atoms with Crippen molar-refractivity contribution in [2.75, 3.05) is 41.0 Å². The van der Waals surface area contributed by atoms with E-state index in [9.17, 15) is 18.4 Å². The minimum absolute atomic E-state index is 0.00767. The van der Waals surface area contributed by atoms with Gasteiger partial charge in [0.15, 0.2) is 11.5 Å². The minimum atomic E-state index is -0.299. The lowest BCUT2D eigenvalue weighted by Gasteiger charge is -2.19. The molecule has 224 valence electrons. The second kappa shape index (κ2) is 14.7. The maximum atomic E-state index is 13.5. The molecular weight excluding hydrogens is 542 g/mol. The Balaban J connectivity index is 1.24. The molecule has 1 saturated heterocycles. The van der Waals surface area contributed by atoms with Crippen molar-refractivity contribution in [1.82, 2.24) is 10.2 Å². The Hall–Kier alpha value is -4.14. The van der Waals surface area contributed by atoms with E-state index >= 15 is 0 Å². The Labute approximate surface area is 245 Å². The molecule has 3 aromatic carbocycles. The van der Waals surface area contributed by atoms with Gasteiger partial charge in [-0.1, -0.05) is 30.7 Å². The topological polar surface area (TPSA) is 77.1 Å². The molecule has 0 aromatic heterocycles. The summed E-state index contributed by atoms with van der Waals surface area (Å²) in [4.78, 5) is 27.6. The molecular formula is C33H38F2N2O5. The van der Waals surface area contributed by atoms with Crippen molar-refractivity contribution < 1.29 is 32.6 Å². The first-order valence-corrected chi connectivity index (χ1v) is 14.2. The number of ether oxygens (including phenoxy) is 3. The highest BCUT2D eigenvalue weighted by molar-refractivity contribution is 5.95. The predicted octanol–water partition coefficient (Wildman–Crippen LogP) is 5.96. The van der Waals surface area contributed by atoms with E-state index < -0.39 is 0 Å². The van der Waals surface area contributed by atoms with Crippen molar-refractivity contribution in [1.29, 1.82) is 0 Å². The Morgan fingerprint density at radius 1 is 0.881 bits per heavy atom. The molecule has 7 nitrogen and oxygen atoms in total. The summed E-state index contributed by atoms with van der Waals surface area (Å²) in [5.74, 6) is 0.640. The van der Waals surface area contributed by atoms with E-state index in [4.69, 9.17) is 14.2 Å². The van der Waals surface area contributed by atoms with Crippen LogP contribution in [0.25, 0.3) is 0 Å². The molecule has 0 radical (unpaired) electrons. The molecule has 0 spiro atoms. The second-order valence-corrected chi connectivity index (χ2v) is 10.5. The standard InChI is InChI=1S/C33H38F2N2O5/c1-40-29-18-25(19-30(41-2)32(29)42-3)33(39)36-20-22-16-17-37(21-22)31(38)7-5-4-6-28(23-8-12-26(34)13-9-23)24-10-14-27(35)15-11-24/h8-15,18-19,22,28H,4-7,16-17,20-21H2,1-3H3,(H,36,39). The monoisotopic (exact) mass is 580 g/mol. The van der Waals surface area contributed by atoms with Gasteiger partial charge in [0.05, 0.1) is 21.3 Å². The van der Waals surface area contributed by atoms with Gasteiger partial charge < -0.3 is 24.4 Å². The third-order valence-electron chi connectivity index (χ3n) is 7.79. The third-order valence-corrected chi connectivity index (χ3v) is 7.79. The molecule has 0 saturated carbocycles. The van der Waals surface area contributed by atoms with Crippen molar-refractivity contribution in [3.63, 3.8) is 0 Å². The summed E-state index contributed by atoms with van der Waals surface area (Å²) in [7, 11) is 4.50. The molecule has 0 aliphatic carbocycles. The number of benzene rings is 3. The van der Waals surface area contributed by atoms with Gasteiger partial charge >= 0.3 is 0 Å². The zero-order valence-corrected chi connectivity index (χ0v) is 24.3. The fourth-order valence-electron chi connectivity index (χ4n) is 5.48. The molecule has 0 bridgehead atoms. The fourth-order valence-corrected chi connectivity index (χ4v) is 5.48. The van der Waals surface area contributed by atoms with Crippen LogP contribution < -0.4 is 19.5 Å². The van der Waals surface area contributed by atoms with Crippen LogP contribution in [-0.4, -0.2) is 57.7 Å². The molecule has 2 amide bonds. The van der Waals surface area contributed by atoms with Crippen molar-refractivity contribution in [2.24, 2.45) is 5.92 Å². The van der Waals surface area contributed by atoms with Crippen LogP contribution in [0.4, 0.5) is 8.78 Å². The summed E-state index contributed by atoms with van der Waals surface area (Å²) in [5.41, 5.74) is 2.32. The zero-order chi connectivity index (χ0) is 30.1. The lowest BCUT2D eigenvalue weighted by atomic mass is 9.87. The molecule has 3 aromatic rings. The van der Waals surface area contributed by atoms with Crippen molar-refractivity contribution in [3.8, 4) is 17.2 Å². The van der Waals surface area contributed by atoms with Crippen LogP contribution in [0.15, 0.2) is 60.7 Å². The smallest absolute Gasteiger partial charge is 0.251 e. The number of hydrogen-bond donors (Lipinski definition) is 1. The van der Waals surface area contributed by atoms with Crippen molar-refractivity contribution in [3.05, 3.63) is 89.0 Å². The average molecular weight is 581 g/mol. The first-order valence-electron chi connectivity index (χ1n) is 14.2. The van der Waals surface area contributed by atoms with Gasteiger partial charge in [0, 0.05) is 37.5 Å². The second-order valence-electron chi connectivity index (χ2n) is 10.5. The molecule has 1 fully saturated rings. The number of unbranched alkanes of at least 4 members (excludes halogenated alkanes) is 1. The summed E-state index contributed by atoms with van der Waals surface area (Å²) >= 11 is 0. The highest BCUT2D eigenvalue weighted by Crippen LogP contribution is 2.38. The first kappa shape index (κ1) is 30.8. The van der Waals surface area contributed by atoms with Gasteiger partial charge in [-0.25, -0.2) is 8.78 Å². The Kier molecular flexibility index (Phi) is 10.8. The van der Waals surface area contributed by atoms with Crippen LogP contribution in [0.3, 0.4) is 0 Å². The normalized spacial score (nSPS) is 14.6. The number of carbonyl (C=O) groups is 2. The summed E-state index contributed by atoms with van der Waals surface area (Å²) in [6.45, 7) is 1.72. The number of nitrogens with one attached hydrogen (secondary N) is 1. The molecule has 1 aliphatic heterocycles. The molecule has 1 N–H and O–H groups in total. The number of methoxy groups -OCH3 is 3. The van der Waals surface area contributed by atoms with Gasteiger partial charge in [0.1, 0.15) is 11.6 Å². The van der Waals surface area contributed by atoms with Gasteiger partial charge in [-0.05, 0) is 72.7 Å². The number of carbonyl (C=O) groups excluding carboxylic acids is 2. The van der Waals surface area contributed by atoms with E-state index in [2.05, 4.69) is 5.32 Å². The first-order chi connectivity index (χ1) is 20.3. The van der Waals surface area contributed by atoms with E-state index in [0.29, 0.717) is 48.9 Å². The fraction of sp³-hybridized carbons (Fsp3) is 0.394. The summed E-state index contributed by atoms with van der Waals surface area (Å²) in [6, 6.07) is 16.0. The SMILES string of the molecule is COc1cc(C(=O)NCC2CCN(C(=O)CCCCC(c3ccc(F)cc3)c3ccc(F)cc3)C2)cc(OC)c1OC. The van der Waals surface area contributed by atoms with Crippen LogP contribution in [0.1, 0.15) is 59.5 Å². The highest BCUT2D eigenvalue weighted by atomic mass is 19.1. The summed E-state index contributed by atoms with van der Waals surface area (Å²) < 4.78 is 43.0. The number of nitrogens with zero attached hydrogens (tertiary/aromatic N) is 1. The van der Waals surface area contributed by atoms with Gasteiger partial charge in [0.2, 0.25) is 11.7 Å². The van der Waals surface area contributed by atoms with Crippen LogP contribution in [-0.2, 0) is 4.79 Å². The van der Waals surface area contributed by atoms with Gasteiger partial charge in [0.25, 0.3) is 5.91 Å². The van der Waals surface area contributed by atoms with Crippen LogP contribution in [0.5, 0.6) is 17.2 Å². The number of amides is 2. The van der Waals surface area contributed by atoms with Crippen LogP contribution >= 0.6 is 0 Å². The van der Waals surface area contributed by atoms with E-state index in [-0.39, 0.29) is 35.3 Å². The maximum Gasteiger partial charge on any atom is 0.251 e. The molecule has 1 unspecified atom stereocenters. The Bertz CT molecular complexity index is 1280. The van der Waals surface area contributed by atoms with Crippen molar-refractivity contribution in [2.45, 2.75) is 38.0 Å². The van der Waals surface area contributed by atoms with E-state index in [1.54, 1.807) is 36.4 Å². The van der Waals surface area contributed by atoms with E-state index in [0.717, 1.165) is 36.8 Å². The van der Waals surface area contributed by atoms with Crippen molar-refractivity contribution >= 4 is 11.8 Å². The highest BCUT2D eigenvalue weighted by Gasteiger charge is 2.27. The molecule has 4 rings (SSSR count). The molecule has 1 atom stereocenters. The lowest BCUT2D eigenvalue weighted by Crippen LogP contribution is -2.33. The molecule has 1 heterocycles. The third kappa shape index (κ3) is 7.78.